The van der Waals surface area contributed by atoms with Gasteiger partial charge in [-0.15, -0.1) is 12.4 Å². The third-order valence-corrected chi connectivity index (χ3v) is 4.31. The summed E-state index contributed by atoms with van der Waals surface area (Å²) in [6.07, 6.45) is 0. The summed E-state index contributed by atoms with van der Waals surface area (Å²) >= 11 is 0. The molecule has 4 nitrogen and oxygen atoms in total. The van der Waals surface area contributed by atoms with E-state index < -0.39 is 0 Å². The summed E-state index contributed by atoms with van der Waals surface area (Å²) in [6.45, 7) is 6.38. The van der Waals surface area contributed by atoms with Crippen LogP contribution in [0.4, 0.5) is 0 Å². The maximum Gasteiger partial charge on any atom is 0.193 e. The lowest BCUT2D eigenvalue weighted by Crippen LogP contribution is -2.22. The maximum atomic E-state index is 12.5. The summed E-state index contributed by atoms with van der Waals surface area (Å²) in [6, 6.07) is 14.2. The summed E-state index contributed by atoms with van der Waals surface area (Å²) < 4.78 is 6.04. The Morgan fingerprint density at radius 2 is 1.72 bits per heavy atom. The SMILES string of the molecule is CCN(CC)Cc1c(O)ccc2c(=O)cc(-c3ccccc3)oc12.Cl. The monoisotopic (exact) mass is 359 g/mol. The third kappa shape index (κ3) is 3.86. The molecule has 25 heavy (non-hydrogen) atoms. The highest BCUT2D eigenvalue weighted by atomic mass is 35.5. The Balaban J connectivity index is 0.00000225. The van der Waals surface area contributed by atoms with Crippen molar-refractivity contribution in [2.24, 2.45) is 0 Å². The van der Waals surface area contributed by atoms with Gasteiger partial charge >= 0.3 is 0 Å². The van der Waals surface area contributed by atoms with Crippen molar-refractivity contribution in [3.05, 3.63) is 64.3 Å². The lowest BCUT2D eigenvalue weighted by molar-refractivity contribution is 0.290. The molecular formula is C20H22ClNO3. The summed E-state index contributed by atoms with van der Waals surface area (Å²) in [5, 5.41) is 10.8. The van der Waals surface area contributed by atoms with E-state index in [1.165, 1.54) is 6.07 Å². The number of aromatic hydroxyl groups is 1. The molecule has 1 N–H and O–H groups in total. The van der Waals surface area contributed by atoms with Crippen LogP contribution in [-0.2, 0) is 6.54 Å². The van der Waals surface area contributed by atoms with E-state index in [4.69, 9.17) is 4.42 Å². The largest absolute Gasteiger partial charge is 0.507 e. The van der Waals surface area contributed by atoms with E-state index >= 15 is 0 Å². The highest BCUT2D eigenvalue weighted by Gasteiger charge is 2.16. The Hall–Kier alpha value is -2.30. The molecule has 0 aliphatic rings. The van der Waals surface area contributed by atoms with Crippen molar-refractivity contribution in [2.45, 2.75) is 20.4 Å². The van der Waals surface area contributed by atoms with Crippen LogP contribution in [0.3, 0.4) is 0 Å². The molecule has 3 aromatic rings. The fourth-order valence-electron chi connectivity index (χ4n) is 2.83. The predicted octanol–water partition coefficient (Wildman–Crippen LogP) is 4.43. The van der Waals surface area contributed by atoms with Crippen molar-refractivity contribution in [3.8, 4) is 17.1 Å². The van der Waals surface area contributed by atoms with Gasteiger partial charge in [-0.05, 0) is 25.2 Å². The Bertz CT molecular complexity index is 902. The first-order valence-electron chi connectivity index (χ1n) is 8.20. The van der Waals surface area contributed by atoms with Gasteiger partial charge in [0.05, 0.1) is 10.9 Å². The van der Waals surface area contributed by atoms with Gasteiger partial charge in [0, 0.05) is 18.2 Å². The quantitative estimate of drug-likeness (QED) is 0.732. The molecule has 1 aromatic heterocycles. The first kappa shape index (κ1) is 19.0. The zero-order valence-electron chi connectivity index (χ0n) is 14.4. The van der Waals surface area contributed by atoms with E-state index in [1.54, 1.807) is 12.1 Å². The zero-order valence-corrected chi connectivity index (χ0v) is 15.2. The number of hydrogen-bond donors (Lipinski definition) is 1. The first-order valence-corrected chi connectivity index (χ1v) is 8.20. The van der Waals surface area contributed by atoms with Crippen LogP contribution in [0.1, 0.15) is 19.4 Å². The van der Waals surface area contributed by atoms with E-state index in [1.807, 2.05) is 30.3 Å². The molecule has 3 rings (SSSR count). The van der Waals surface area contributed by atoms with Crippen LogP contribution in [0.15, 0.2) is 57.7 Å². The fraction of sp³-hybridized carbons (Fsp3) is 0.250. The summed E-state index contributed by atoms with van der Waals surface area (Å²) in [5.74, 6) is 0.669. The highest BCUT2D eigenvalue weighted by Crippen LogP contribution is 2.30. The van der Waals surface area contributed by atoms with Gasteiger partial charge in [-0.2, -0.15) is 0 Å². The van der Waals surface area contributed by atoms with Crippen LogP contribution < -0.4 is 5.43 Å². The average Bonchev–Trinajstić information content (AvgIpc) is 2.61. The Morgan fingerprint density at radius 1 is 1.04 bits per heavy atom. The molecule has 0 radical (unpaired) electrons. The van der Waals surface area contributed by atoms with E-state index in [-0.39, 0.29) is 23.6 Å². The molecule has 0 fully saturated rings. The molecule has 0 aliphatic carbocycles. The standard InChI is InChI=1S/C20H21NO3.ClH/c1-3-21(4-2)13-16-17(22)11-10-15-18(23)12-19(24-20(15)16)14-8-6-5-7-9-14;/h5-12,22H,3-4,13H2,1-2H3;1H. The van der Waals surface area contributed by atoms with Gasteiger partial charge in [0.1, 0.15) is 17.1 Å². The number of benzene rings is 2. The van der Waals surface area contributed by atoms with Gasteiger partial charge < -0.3 is 9.52 Å². The molecule has 0 saturated carbocycles. The number of hydrogen-bond acceptors (Lipinski definition) is 4. The molecule has 0 amide bonds. The fourth-order valence-corrected chi connectivity index (χ4v) is 2.83. The maximum absolute atomic E-state index is 12.5. The van der Waals surface area contributed by atoms with Crippen molar-refractivity contribution in [1.29, 1.82) is 0 Å². The van der Waals surface area contributed by atoms with Crippen LogP contribution >= 0.6 is 12.4 Å². The summed E-state index contributed by atoms with van der Waals surface area (Å²) in [7, 11) is 0. The minimum absolute atomic E-state index is 0. The summed E-state index contributed by atoms with van der Waals surface area (Å²) in [4.78, 5) is 14.7. The molecule has 132 valence electrons. The van der Waals surface area contributed by atoms with Crippen molar-refractivity contribution in [2.75, 3.05) is 13.1 Å². The number of phenolic OH excluding ortho intramolecular Hbond substituents is 1. The molecule has 0 atom stereocenters. The van der Waals surface area contributed by atoms with E-state index in [0.29, 0.717) is 28.8 Å². The molecule has 1 heterocycles. The van der Waals surface area contributed by atoms with Crippen LogP contribution in [0.2, 0.25) is 0 Å². The van der Waals surface area contributed by atoms with Gasteiger partial charge in [-0.25, -0.2) is 0 Å². The number of phenols is 1. The van der Waals surface area contributed by atoms with Crippen LogP contribution in [0.5, 0.6) is 5.75 Å². The van der Waals surface area contributed by atoms with Gasteiger partial charge in [-0.3, -0.25) is 9.69 Å². The second-order valence-electron chi connectivity index (χ2n) is 5.74. The van der Waals surface area contributed by atoms with E-state index in [2.05, 4.69) is 18.7 Å². The lowest BCUT2D eigenvalue weighted by atomic mass is 10.1. The van der Waals surface area contributed by atoms with Gasteiger partial charge in [-0.1, -0.05) is 44.2 Å². The average molecular weight is 360 g/mol. The molecule has 0 bridgehead atoms. The molecule has 0 spiro atoms. The smallest absolute Gasteiger partial charge is 0.193 e. The normalized spacial score (nSPS) is 10.8. The van der Waals surface area contributed by atoms with Crippen LogP contribution in [0, 0.1) is 0 Å². The molecule has 5 heteroatoms. The first-order chi connectivity index (χ1) is 11.6. The molecule has 0 saturated heterocycles. The summed E-state index contributed by atoms with van der Waals surface area (Å²) in [5.41, 5.74) is 1.86. The molecule has 0 aliphatic heterocycles. The van der Waals surface area contributed by atoms with Crippen molar-refractivity contribution >= 4 is 23.4 Å². The lowest BCUT2D eigenvalue weighted by Gasteiger charge is -2.19. The molecule has 0 unspecified atom stereocenters. The predicted molar refractivity (Wildman–Crippen MR) is 103 cm³/mol. The minimum atomic E-state index is -0.101. The van der Waals surface area contributed by atoms with Crippen molar-refractivity contribution in [1.82, 2.24) is 4.90 Å². The van der Waals surface area contributed by atoms with E-state index in [0.717, 1.165) is 18.7 Å². The number of rotatable bonds is 5. The number of halogens is 1. The number of nitrogens with zero attached hydrogens (tertiary/aromatic N) is 1. The van der Waals surface area contributed by atoms with Crippen LogP contribution in [-0.4, -0.2) is 23.1 Å². The second kappa shape index (κ2) is 8.19. The topological polar surface area (TPSA) is 53.7 Å². The van der Waals surface area contributed by atoms with Crippen molar-refractivity contribution < 1.29 is 9.52 Å². The van der Waals surface area contributed by atoms with Gasteiger partial charge in [0.15, 0.2) is 5.43 Å². The van der Waals surface area contributed by atoms with E-state index in [9.17, 15) is 9.90 Å². The van der Waals surface area contributed by atoms with Gasteiger partial charge in [0.2, 0.25) is 0 Å². The highest BCUT2D eigenvalue weighted by molar-refractivity contribution is 5.85. The Morgan fingerprint density at radius 3 is 2.36 bits per heavy atom. The number of fused-ring (bicyclic) bond motifs is 1. The van der Waals surface area contributed by atoms with Crippen LogP contribution in [0.25, 0.3) is 22.3 Å². The molecule has 2 aromatic carbocycles. The Labute approximate surface area is 153 Å². The third-order valence-electron chi connectivity index (χ3n) is 4.31. The minimum Gasteiger partial charge on any atom is -0.507 e. The van der Waals surface area contributed by atoms with Gasteiger partial charge in [0.25, 0.3) is 0 Å². The molecular weight excluding hydrogens is 338 g/mol. The van der Waals surface area contributed by atoms with Crippen molar-refractivity contribution in [3.63, 3.8) is 0 Å². The zero-order chi connectivity index (χ0) is 17.1. The Kier molecular flexibility index (Phi) is 6.23. The second-order valence-corrected chi connectivity index (χ2v) is 5.74.